The van der Waals surface area contributed by atoms with Gasteiger partial charge in [-0.05, 0) is 0 Å². The van der Waals surface area contributed by atoms with Gasteiger partial charge in [-0.15, -0.1) is 13.2 Å². The van der Waals surface area contributed by atoms with Crippen LogP contribution >= 0.6 is 15.2 Å². The van der Waals surface area contributed by atoms with E-state index in [0.717, 1.165) is 17.1 Å². The quantitative estimate of drug-likeness (QED) is 0.198. The molecule has 0 heterocycles. The van der Waals surface area contributed by atoms with Gasteiger partial charge in [0.15, 0.2) is 0 Å². The lowest BCUT2D eigenvalue weighted by Crippen LogP contribution is -2.49. The van der Waals surface area contributed by atoms with E-state index < -0.39 is 58.2 Å². The fourth-order valence-corrected chi connectivity index (χ4v) is 3.19. The molecule has 0 bridgehead atoms. The van der Waals surface area contributed by atoms with E-state index in [0.29, 0.717) is 0 Å². The molecule has 0 saturated carbocycles. The number of hydrogen-bond donors (Lipinski definition) is 6. The second-order valence-electron chi connectivity index (χ2n) is 4.77. The minimum absolute atomic E-state index is 0.560. The minimum atomic E-state index is -4.66. The molecule has 0 aliphatic heterocycles. The summed E-state index contributed by atoms with van der Waals surface area (Å²) < 4.78 is 22.7. The molecule has 0 spiro atoms. The summed E-state index contributed by atoms with van der Waals surface area (Å²) in [4.78, 5) is 48.8. The van der Waals surface area contributed by atoms with Gasteiger partial charge in [0, 0.05) is 13.1 Å². The number of aliphatic carboxylic acids is 1. The normalized spacial score (nSPS) is 16.6. The SMILES string of the molecule is C=CC(CN(CC(C=C)P(=O)(O)O)C(CO)C(=O)O)P(=O)(O)O. The van der Waals surface area contributed by atoms with Gasteiger partial charge in [-0.2, -0.15) is 0 Å². The zero-order valence-electron chi connectivity index (χ0n) is 12.2. The Balaban J connectivity index is 5.60. The average Bonchev–Trinajstić information content (AvgIpc) is 2.38. The first-order valence-corrected chi connectivity index (χ1v) is 9.68. The number of hydrogen-bond acceptors (Lipinski definition) is 5. The van der Waals surface area contributed by atoms with Crippen molar-refractivity contribution >= 4 is 21.2 Å². The third-order valence-corrected chi connectivity index (χ3v) is 5.63. The van der Waals surface area contributed by atoms with Gasteiger partial charge in [-0.25, -0.2) is 0 Å². The molecule has 10 nitrogen and oxygen atoms in total. The Bertz CT molecular complexity index is 490. The van der Waals surface area contributed by atoms with E-state index in [2.05, 4.69) is 13.2 Å². The molecular weight excluding hydrogens is 352 g/mol. The van der Waals surface area contributed by atoms with Crippen molar-refractivity contribution in [1.82, 2.24) is 4.90 Å². The summed E-state index contributed by atoms with van der Waals surface area (Å²) >= 11 is 0. The van der Waals surface area contributed by atoms with Crippen LogP contribution in [0.3, 0.4) is 0 Å². The van der Waals surface area contributed by atoms with Gasteiger partial charge in [0.1, 0.15) is 6.04 Å². The summed E-state index contributed by atoms with van der Waals surface area (Å²) in [6.07, 6.45) is 1.84. The van der Waals surface area contributed by atoms with E-state index in [1.807, 2.05) is 0 Å². The highest BCUT2D eigenvalue weighted by Crippen LogP contribution is 2.44. The number of aliphatic hydroxyl groups is 1. The molecule has 0 amide bonds. The number of carboxylic acid groups (broad SMARTS) is 1. The van der Waals surface area contributed by atoms with E-state index in [4.69, 9.17) is 5.11 Å². The van der Waals surface area contributed by atoms with Crippen LogP contribution in [0.4, 0.5) is 0 Å². The fourth-order valence-electron chi connectivity index (χ4n) is 1.80. The number of rotatable bonds is 11. The summed E-state index contributed by atoms with van der Waals surface area (Å²) in [5.41, 5.74) is -2.92. The van der Waals surface area contributed by atoms with Crippen molar-refractivity contribution in [2.45, 2.75) is 17.4 Å². The highest BCUT2D eigenvalue weighted by Gasteiger charge is 2.37. The summed E-state index contributed by atoms with van der Waals surface area (Å²) in [5.74, 6) is -1.51. The van der Waals surface area contributed by atoms with E-state index in [9.17, 15) is 38.6 Å². The largest absolute Gasteiger partial charge is 0.480 e. The lowest BCUT2D eigenvalue weighted by atomic mass is 10.2. The Hall–Kier alpha value is -0.830. The molecule has 12 heteroatoms. The number of nitrogens with zero attached hydrogens (tertiary/aromatic N) is 1. The van der Waals surface area contributed by atoms with Gasteiger partial charge in [0.25, 0.3) is 0 Å². The zero-order chi connectivity index (χ0) is 18.4. The molecule has 6 N–H and O–H groups in total. The first-order chi connectivity index (χ1) is 10.4. The molecule has 23 heavy (non-hydrogen) atoms. The molecule has 0 rings (SSSR count). The van der Waals surface area contributed by atoms with Gasteiger partial charge < -0.3 is 29.8 Å². The van der Waals surface area contributed by atoms with Crippen LogP contribution in [0.15, 0.2) is 25.3 Å². The predicted octanol–water partition coefficient (Wildman–Crippen LogP) is -0.802. The van der Waals surface area contributed by atoms with Gasteiger partial charge in [-0.3, -0.25) is 18.8 Å². The molecule has 0 aliphatic rings. The summed E-state index contributed by atoms with van der Waals surface area (Å²) in [7, 11) is -9.31. The van der Waals surface area contributed by atoms with Gasteiger partial charge in [0.05, 0.1) is 17.9 Å². The Labute approximate surface area is 133 Å². The molecule has 3 atom stereocenters. The van der Waals surface area contributed by atoms with E-state index in [1.165, 1.54) is 0 Å². The summed E-state index contributed by atoms with van der Waals surface area (Å²) in [6.45, 7) is 4.48. The monoisotopic (exact) mass is 373 g/mol. The van der Waals surface area contributed by atoms with Gasteiger partial charge in [0.2, 0.25) is 0 Å². The third kappa shape index (κ3) is 7.07. The maximum atomic E-state index is 11.3. The molecule has 0 aliphatic carbocycles. The molecular formula is C11H21NO9P2. The first kappa shape index (κ1) is 22.2. The van der Waals surface area contributed by atoms with Crippen molar-refractivity contribution in [3.63, 3.8) is 0 Å². The van der Waals surface area contributed by atoms with Crippen LogP contribution in [0.2, 0.25) is 0 Å². The van der Waals surface area contributed by atoms with Gasteiger partial charge in [-0.1, -0.05) is 12.2 Å². The van der Waals surface area contributed by atoms with Crippen molar-refractivity contribution in [3.05, 3.63) is 25.3 Å². The Kier molecular flexibility index (Phi) is 8.54. The van der Waals surface area contributed by atoms with Crippen LogP contribution in [-0.4, -0.2) is 77.7 Å². The molecule has 0 aromatic carbocycles. The molecule has 0 aromatic heterocycles. The molecule has 0 fully saturated rings. The number of carbonyl (C=O) groups is 1. The maximum absolute atomic E-state index is 11.3. The minimum Gasteiger partial charge on any atom is -0.480 e. The van der Waals surface area contributed by atoms with Crippen molar-refractivity contribution in [2.75, 3.05) is 19.7 Å². The second kappa shape index (κ2) is 8.86. The predicted molar refractivity (Wildman–Crippen MR) is 82.1 cm³/mol. The van der Waals surface area contributed by atoms with Crippen molar-refractivity contribution in [1.29, 1.82) is 0 Å². The Morgan fingerprint density at radius 3 is 1.52 bits per heavy atom. The lowest BCUT2D eigenvalue weighted by molar-refractivity contribution is -0.144. The van der Waals surface area contributed by atoms with Crippen LogP contribution in [0.25, 0.3) is 0 Å². The first-order valence-electron chi connectivity index (χ1n) is 6.31. The van der Waals surface area contributed by atoms with Crippen molar-refractivity contribution < 1.29 is 43.7 Å². The zero-order valence-corrected chi connectivity index (χ0v) is 14.0. The summed E-state index contributed by atoms with van der Waals surface area (Å²) in [5, 5.41) is 18.3. The molecule has 0 radical (unpaired) electrons. The number of carboxylic acids is 1. The average molecular weight is 373 g/mol. The highest BCUT2D eigenvalue weighted by molar-refractivity contribution is 7.53. The summed E-state index contributed by atoms with van der Waals surface area (Å²) in [6, 6.07) is -1.60. The van der Waals surface area contributed by atoms with Crippen LogP contribution in [0.5, 0.6) is 0 Å². The van der Waals surface area contributed by atoms with Crippen LogP contribution < -0.4 is 0 Å². The fraction of sp³-hybridized carbons (Fsp3) is 0.545. The van der Waals surface area contributed by atoms with Crippen molar-refractivity contribution in [3.8, 4) is 0 Å². The molecule has 134 valence electrons. The smallest absolute Gasteiger partial charge is 0.333 e. The Morgan fingerprint density at radius 1 is 1.00 bits per heavy atom. The molecule has 0 saturated heterocycles. The van der Waals surface area contributed by atoms with E-state index >= 15 is 0 Å². The number of aliphatic hydroxyl groups excluding tert-OH is 1. The molecule has 3 unspecified atom stereocenters. The van der Waals surface area contributed by atoms with E-state index in [-0.39, 0.29) is 0 Å². The standard InChI is InChI=1S/C11H21NO9P2/c1-3-8(22(16,17)18)5-12(10(7-13)11(14)15)6-9(4-2)23(19,20)21/h3-4,8-10,13H,1-2,5-7H2,(H,14,15)(H2,16,17,18)(H2,19,20,21). The van der Waals surface area contributed by atoms with Crippen LogP contribution in [0.1, 0.15) is 0 Å². The highest BCUT2D eigenvalue weighted by atomic mass is 31.2. The van der Waals surface area contributed by atoms with E-state index in [1.54, 1.807) is 0 Å². The van der Waals surface area contributed by atoms with Crippen LogP contribution in [0, 0.1) is 0 Å². The second-order valence-corrected chi connectivity index (χ2v) is 8.46. The topological polar surface area (TPSA) is 176 Å². The maximum Gasteiger partial charge on any atom is 0.333 e. The third-order valence-electron chi connectivity index (χ3n) is 3.15. The lowest BCUT2D eigenvalue weighted by Gasteiger charge is -2.32. The van der Waals surface area contributed by atoms with Crippen molar-refractivity contribution in [2.24, 2.45) is 0 Å². The van der Waals surface area contributed by atoms with Crippen LogP contribution in [-0.2, 0) is 13.9 Å². The molecule has 0 aromatic rings. The Morgan fingerprint density at radius 2 is 1.35 bits per heavy atom. The van der Waals surface area contributed by atoms with Gasteiger partial charge >= 0.3 is 21.2 Å².